The molecule has 3 aromatic carbocycles. The number of halogens is 1. The van der Waals surface area contributed by atoms with E-state index in [9.17, 15) is 14.0 Å². The number of thioether (sulfide) groups is 1. The van der Waals surface area contributed by atoms with Gasteiger partial charge in [-0.2, -0.15) is 0 Å². The Morgan fingerprint density at radius 2 is 1.83 bits per heavy atom. The number of aromatic nitrogens is 2. The molecule has 0 bridgehead atoms. The molecule has 0 aliphatic heterocycles. The quantitative estimate of drug-likeness (QED) is 0.476. The average Bonchev–Trinajstić information content (AvgIpc) is 2.73. The van der Waals surface area contributed by atoms with Gasteiger partial charge in [0.05, 0.1) is 11.0 Å². The second-order valence-electron chi connectivity index (χ2n) is 6.31. The minimum atomic E-state index is -0.457. The first-order valence-corrected chi connectivity index (χ1v) is 9.85. The van der Waals surface area contributed by atoms with Gasteiger partial charge in [0, 0.05) is 21.9 Å². The number of benzene rings is 3. The summed E-state index contributed by atoms with van der Waals surface area (Å²) in [6, 6.07) is 20.1. The summed E-state index contributed by atoms with van der Waals surface area (Å²) in [4.78, 5) is 32.6. The molecule has 0 atom stereocenters. The summed E-state index contributed by atoms with van der Waals surface area (Å²) in [7, 11) is 0. The van der Waals surface area contributed by atoms with Crippen molar-refractivity contribution in [3.63, 3.8) is 0 Å². The summed E-state index contributed by atoms with van der Waals surface area (Å²) in [5.41, 5.74) is 2.57. The van der Waals surface area contributed by atoms with Crippen LogP contribution in [0.25, 0.3) is 11.0 Å². The molecule has 0 aliphatic rings. The number of fused-ring (bicyclic) bond motifs is 1. The van der Waals surface area contributed by atoms with Crippen molar-refractivity contribution in [1.29, 1.82) is 0 Å². The van der Waals surface area contributed by atoms with Crippen molar-refractivity contribution in [1.82, 2.24) is 9.97 Å². The summed E-state index contributed by atoms with van der Waals surface area (Å²) in [6.07, 6.45) is 0. The molecule has 0 aliphatic carbocycles. The first-order chi connectivity index (χ1) is 14.1. The molecule has 4 rings (SSSR count). The van der Waals surface area contributed by atoms with Crippen molar-refractivity contribution in [2.24, 2.45) is 0 Å². The van der Waals surface area contributed by atoms with Crippen molar-refractivity contribution in [2.75, 3.05) is 5.32 Å². The monoisotopic (exact) mass is 405 g/mol. The molecule has 0 saturated heterocycles. The number of amides is 1. The Labute approximate surface area is 170 Å². The van der Waals surface area contributed by atoms with Gasteiger partial charge in [0.1, 0.15) is 11.5 Å². The first-order valence-electron chi connectivity index (χ1n) is 8.86. The molecule has 1 aromatic heterocycles. The fourth-order valence-corrected chi connectivity index (χ4v) is 3.61. The van der Waals surface area contributed by atoms with Crippen LogP contribution in [0.3, 0.4) is 0 Å². The van der Waals surface area contributed by atoms with Crippen LogP contribution in [0.15, 0.2) is 82.5 Å². The molecule has 0 unspecified atom stereocenters. The molecule has 1 amide bonds. The predicted octanol–water partition coefficient (Wildman–Crippen LogP) is 4.61. The molecule has 29 heavy (non-hydrogen) atoms. The van der Waals surface area contributed by atoms with Crippen LogP contribution in [0.2, 0.25) is 0 Å². The lowest BCUT2D eigenvalue weighted by Gasteiger charge is -2.07. The first kappa shape index (κ1) is 18.9. The highest BCUT2D eigenvalue weighted by atomic mass is 32.2. The number of H-pyrrole nitrogens is 1. The molecule has 0 radical (unpaired) electrons. The Kier molecular flexibility index (Phi) is 5.39. The zero-order valence-electron chi connectivity index (χ0n) is 15.2. The number of hydrogen-bond donors (Lipinski definition) is 2. The highest BCUT2D eigenvalue weighted by molar-refractivity contribution is 7.98. The van der Waals surface area contributed by atoms with Crippen LogP contribution in [0.4, 0.5) is 10.1 Å². The van der Waals surface area contributed by atoms with Gasteiger partial charge in [-0.15, -0.1) is 11.8 Å². The Balaban J connectivity index is 1.41. The van der Waals surface area contributed by atoms with Gasteiger partial charge in [-0.1, -0.05) is 18.2 Å². The lowest BCUT2D eigenvalue weighted by molar-refractivity contribution is 0.102. The maximum absolute atomic E-state index is 13.2. The van der Waals surface area contributed by atoms with Gasteiger partial charge in [-0.3, -0.25) is 9.59 Å². The van der Waals surface area contributed by atoms with Crippen molar-refractivity contribution in [3.05, 3.63) is 100 Å². The number of carbonyl (C=O) groups is 1. The van der Waals surface area contributed by atoms with Crippen molar-refractivity contribution in [2.45, 2.75) is 10.6 Å². The zero-order chi connectivity index (χ0) is 20.2. The normalized spacial score (nSPS) is 10.8. The number of hydrogen-bond acceptors (Lipinski definition) is 4. The number of rotatable bonds is 5. The van der Waals surface area contributed by atoms with E-state index >= 15 is 0 Å². The van der Waals surface area contributed by atoms with Crippen LogP contribution in [0.1, 0.15) is 16.1 Å². The van der Waals surface area contributed by atoms with E-state index in [1.54, 1.807) is 18.2 Å². The number of nitrogens with zero attached hydrogens (tertiary/aromatic N) is 1. The summed E-state index contributed by atoms with van der Waals surface area (Å²) in [5, 5.41) is 2.73. The molecule has 1 heterocycles. The molecule has 0 fully saturated rings. The van der Waals surface area contributed by atoms with E-state index in [0.29, 0.717) is 22.7 Å². The average molecular weight is 405 g/mol. The van der Waals surface area contributed by atoms with Crippen molar-refractivity contribution in [3.8, 4) is 0 Å². The molecule has 4 aromatic rings. The van der Waals surface area contributed by atoms with Gasteiger partial charge in [-0.05, 0) is 54.6 Å². The van der Waals surface area contributed by atoms with E-state index in [0.717, 1.165) is 10.4 Å². The lowest BCUT2D eigenvalue weighted by atomic mass is 10.2. The van der Waals surface area contributed by atoms with E-state index in [-0.39, 0.29) is 17.0 Å². The van der Waals surface area contributed by atoms with Gasteiger partial charge in [0.2, 0.25) is 0 Å². The van der Waals surface area contributed by atoms with Crippen LogP contribution >= 0.6 is 11.8 Å². The Hall–Kier alpha value is -3.45. The third-order valence-electron chi connectivity index (χ3n) is 4.24. The maximum Gasteiger partial charge on any atom is 0.271 e. The third kappa shape index (κ3) is 4.52. The highest BCUT2D eigenvalue weighted by Crippen LogP contribution is 2.23. The molecule has 144 valence electrons. The minimum Gasteiger partial charge on any atom is -0.322 e. The van der Waals surface area contributed by atoms with Crippen LogP contribution in [-0.4, -0.2) is 15.9 Å². The lowest BCUT2D eigenvalue weighted by Crippen LogP contribution is -2.14. The number of para-hydroxylation sites is 2. The number of carbonyl (C=O) groups excluding carboxylic acids is 1. The molecular weight excluding hydrogens is 389 g/mol. The predicted molar refractivity (Wildman–Crippen MR) is 113 cm³/mol. The molecule has 0 spiro atoms. The smallest absolute Gasteiger partial charge is 0.271 e. The topological polar surface area (TPSA) is 74.8 Å². The fourth-order valence-electron chi connectivity index (χ4n) is 2.78. The summed E-state index contributed by atoms with van der Waals surface area (Å²) in [5.74, 6) is -0.409. The number of nitrogens with one attached hydrogen (secondary N) is 2. The standard InChI is InChI=1S/C22H16FN3O2S/c23-15-5-3-4-14(12-15)21(27)24-16-8-10-17(11-9-16)29-13-20-22(28)26-19-7-2-1-6-18(19)25-20/h1-12H,13H2,(H,24,27)(H,26,28). The third-order valence-corrected chi connectivity index (χ3v) is 5.27. The van der Waals surface area contributed by atoms with Gasteiger partial charge < -0.3 is 10.3 Å². The van der Waals surface area contributed by atoms with E-state index in [1.165, 1.54) is 30.0 Å². The van der Waals surface area contributed by atoms with Gasteiger partial charge in [0.25, 0.3) is 11.5 Å². The number of aromatic amines is 1. The summed E-state index contributed by atoms with van der Waals surface area (Å²) in [6.45, 7) is 0. The SMILES string of the molecule is O=C(Nc1ccc(SCc2nc3ccccc3[nH]c2=O)cc1)c1cccc(F)c1. The second kappa shape index (κ2) is 8.28. The van der Waals surface area contributed by atoms with E-state index in [4.69, 9.17) is 0 Å². The van der Waals surface area contributed by atoms with Crippen LogP contribution in [0.5, 0.6) is 0 Å². The molecule has 2 N–H and O–H groups in total. The molecule has 0 saturated carbocycles. The van der Waals surface area contributed by atoms with Crippen molar-refractivity contribution >= 4 is 34.4 Å². The summed E-state index contributed by atoms with van der Waals surface area (Å²) >= 11 is 1.48. The fraction of sp³-hybridized carbons (Fsp3) is 0.0455. The van der Waals surface area contributed by atoms with Gasteiger partial charge in [-0.25, -0.2) is 9.37 Å². The maximum atomic E-state index is 13.2. The van der Waals surface area contributed by atoms with E-state index < -0.39 is 5.82 Å². The molecule has 7 heteroatoms. The summed E-state index contributed by atoms with van der Waals surface area (Å²) < 4.78 is 13.2. The van der Waals surface area contributed by atoms with E-state index in [2.05, 4.69) is 15.3 Å². The zero-order valence-corrected chi connectivity index (χ0v) is 16.0. The van der Waals surface area contributed by atoms with E-state index in [1.807, 2.05) is 36.4 Å². The highest BCUT2D eigenvalue weighted by Gasteiger charge is 2.08. The van der Waals surface area contributed by atoms with Crippen LogP contribution in [0, 0.1) is 5.82 Å². The Bertz CT molecular complexity index is 1240. The van der Waals surface area contributed by atoms with Gasteiger partial charge >= 0.3 is 0 Å². The van der Waals surface area contributed by atoms with Crippen LogP contribution < -0.4 is 10.9 Å². The Morgan fingerprint density at radius 3 is 2.62 bits per heavy atom. The largest absolute Gasteiger partial charge is 0.322 e. The van der Waals surface area contributed by atoms with Gasteiger partial charge in [0.15, 0.2) is 0 Å². The Morgan fingerprint density at radius 1 is 1.03 bits per heavy atom. The number of anilines is 1. The van der Waals surface area contributed by atoms with Crippen molar-refractivity contribution < 1.29 is 9.18 Å². The second-order valence-corrected chi connectivity index (χ2v) is 7.36. The molecular formula is C22H16FN3O2S. The minimum absolute atomic E-state index is 0.199. The van der Waals surface area contributed by atoms with Crippen LogP contribution in [-0.2, 0) is 5.75 Å². The molecule has 5 nitrogen and oxygen atoms in total.